The van der Waals surface area contributed by atoms with E-state index in [1.807, 2.05) is 0 Å². The number of aromatic nitrogens is 1. The van der Waals surface area contributed by atoms with Gasteiger partial charge in [-0.3, -0.25) is 4.79 Å². The average Bonchev–Trinajstić information content (AvgIpc) is 2.61. The van der Waals surface area contributed by atoms with Crippen molar-refractivity contribution in [2.45, 2.75) is 0 Å². The highest BCUT2D eigenvalue weighted by atomic mass is 35.5. The predicted octanol–water partition coefficient (Wildman–Crippen LogP) is 5.52. The Bertz CT molecular complexity index is 916. The topological polar surface area (TPSA) is 54.0 Å². The first kappa shape index (κ1) is 17.2. The van der Waals surface area contributed by atoms with Crippen molar-refractivity contribution in [2.24, 2.45) is 0 Å². The summed E-state index contributed by atoms with van der Waals surface area (Å²) in [4.78, 5) is 16.3. The molecule has 0 aliphatic carbocycles. The molecule has 4 nitrogen and oxygen atoms in total. The van der Waals surface area contributed by atoms with Gasteiger partial charge in [-0.15, -0.1) is 0 Å². The van der Waals surface area contributed by atoms with E-state index in [9.17, 15) is 9.18 Å². The molecule has 0 saturated heterocycles. The molecule has 0 aliphatic rings. The number of carbonyl (C=O) groups is 1. The van der Waals surface area contributed by atoms with Crippen molar-refractivity contribution in [3.05, 3.63) is 82.2 Å². The van der Waals surface area contributed by atoms with Crippen LogP contribution in [0.25, 0.3) is 0 Å². The van der Waals surface area contributed by atoms with Crippen molar-refractivity contribution in [3.8, 4) is 0 Å². The fourth-order valence-electron chi connectivity index (χ4n) is 2.08. The lowest BCUT2D eigenvalue weighted by Gasteiger charge is -2.09. The minimum atomic E-state index is -0.374. The maximum absolute atomic E-state index is 13.6. The van der Waals surface area contributed by atoms with Gasteiger partial charge in [-0.1, -0.05) is 35.3 Å². The molecule has 0 spiro atoms. The van der Waals surface area contributed by atoms with E-state index in [1.54, 1.807) is 42.5 Å². The van der Waals surface area contributed by atoms with Gasteiger partial charge in [-0.05, 0) is 42.5 Å². The highest BCUT2D eigenvalue weighted by Gasteiger charge is 2.09. The molecule has 0 atom stereocenters. The summed E-state index contributed by atoms with van der Waals surface area (Å²) in [5.41, 5.74) is 1.20. The standard InChI is InChI=1S/C18H12Cl2FN3O/c19-13-7-5-11(9-14(13)20)18(25)23-12-6-8-17(22-10-12)24-16-4-2-1-3-15(16)21/h1-10H,(H,22,24)(H,23,25). The van der Waals surface area contributed by atoms with Gasteiger partial charge in [0, 0.05) is 5.56 Å². The first-order valence-electron chi connectivity index (χ1n) is 7.27. The zero-order valence-electron chi connectivity index (χ0n) is 12.8. The van der Waals surface area contributed by atoms with E-state index in [4.69, 9.17) is 23.2 Å². The summed E-state index contributed by atoms with van der Waals surface area (Å²) in [5.74, 6) is -0.255. The van der Waals surface area contributed by atoms with Crippen LogP contribution in [0.2, 0.25) is 10.0 Å². The van der Waals surface area contributed by atoms with Crippen LogP contribution in [-0.2, 0) is 0 Å². The number of carbonyl (C=O) groups excluding carboxylic acids is 1. The smallest absolute Gasteiger partial charge is 0.255 e. The lowest BCUT2D eigenvalue weighted by molar-refractivity contribution is 0.102. The number of pyridine rings is 1. The van der Waals surface area contributed by atoms with E-state index < -0.39 is 0 Å². The molecule has 1 amide bonds. The normalized spacial score (nSPS) is 10.4. The summed E-state index contributed by atoms with van der Waals surface area (Å²) in [6.45, 7) is 0. The minimum absolute atomic E-state index is 0.303. The van der Waals surface area contributed by atoms with Crippen molar-refractivity contribution >= 4 is 46.3 Å². The highest BCUT2D eigenvalue weighted by Crippen LogP contribution is 2.23. The molecule has 7 heteroatoms. The second-order valence-electron chi connectivity index (χ2n) is 5.12. The average molecular weight is 376 g/mol. The maximum Gasteiger partial charge on any atom is 0.255 e. The Morgan fingerprint density at radius 3 is 2.48 bits per heavy atom. The van der Waals surface area contributed by atoms with Crippen molar-refractivity contribution in [1.29, 1.82) is 0 Å². The number of rotatable bonds is 4. The molecule has 0 unspecified atom stereocenters. The van der Waals surface area contributed by atoms with Gasteiger partial charge in [0.05, 0.1) is 27.6 Å². The van der Waals surface area contributed by atoms with Crippen molar-refractivity contribution in [2.75, 3.05) is 10.6 Å². The number of nitrogens with one attached hydrogen (secondary N) is 2. The van der Waals surface area contributed by atoms with E-state index in [0.29, 0.717) is 32.8 Å². The Kier molecular flexibility index (Phi) is 5.16. The third-order valence-electron chi connectivity index (χ3n) is 3.34. The van der Waals surface area contributed by atoms with E-state index >= 15 is 0 Å². The SMILES string of the molecule is O=C(Nc1ccc(Nc2ccccc2F)nc1)c1ccc(Cl)c(Cl)c1. The van der Waals surface area contributed by atoms with Crippen LogP contribution in [0.1, 0.15) is 10.4 Å². The van der Waals surface area contributed by atoms with Crippen LogP contribution >= 0.6 is 23.2 Å². The Hall–Kier alpha value is -2.63. The van der Waals surface area contributed by atoms with E-state index in [0.717, 1.165) is 0 Å². The second-order valence-corrected chi connectivity index (χ2v) is 5.93. The largest absolute Gasteiger partial charge is 0.338 e. The number of benzene rings is 2. The second kappa shape index (κ2) is 7.51. The van der Waals surface area contributed by atoms with Gasteiger partial charge in [0.15, 0.2) is 0 Å². The molecule has 3 rings (SSSR count). The van der Waals surface area contributed by atoms with Gasteiger partial charge in [0.2, 0.25) is 0 Å². The lowest BCUT2D eigenvalue weighted by Crippen LogP contribution is -2.12. The molecule has 126 valence electrons. The monoisotopic (exact) mass is 375 g/mol. The number of halogens is 3. The Balaban J connectivity index is 1.69. The molecule has 2 N–H and O–H groups in total. The number of hydrogen-bond acceptors (Lipinski definition) is 3. The molecular weight excluding hydrogens is 364 g/mol. The van der Waals surface area contributed by atoms with Gasteiger partial charge in [-0.2, -0.15) is 0 Å². The van der Waals surface area contributed by atoms with Gasteiger partial charge < -0.3 is 10.6 Å². The third kappa shape index (κ3) is 4.26. The summed E-state index contributed by atoms with van der Waals surface area (Å²) < 4.78 is 13.6. The molecule has 0 bridgehead atoms. The molecule has 0 saturated carbocycles. The number of nitrogens with zero attached hydrogens (tertiary/aromatic N) is 1. The van der Waals surface area contributed by atoms with Gasteiger partial charge in [0.1, 0.15) is 11.6 Å². The molecule has 0 radical (unpaired) electrons. The Morgan fingerprint density at radius 2 is 1.80 bits per heavy atom. The fourth-order valence-corrected chi connectivity index (χ4v) is 2.38. The number of anilines is 3. The Morgan fingerprint density at radius 1 is 1.00 bits per heavy atom. The van der Waals surface area contributed by atoms with Gasteiger partial charge >= 0.3 is 0 Å². The molecule has 3 aromatic rings. The molecule has 0 aliphatic heterocycles. The van der Waals surface area contributed by atoms with Crippen LogP contribution in [-0.4, -0.2) is 10.9 Å². The van der Waals surface area contributed by atoms with Gasteiger partial charge in [0.25, 0.3) is 5.91 Å². The van der Waals surface area contributed by atoms with Crippen molar-refractivity contribution in [1.82, 2.24) is 4.98 Å². The molecule has 0 fully saturated rings. The minimum Gasteiger partial charge on any atom is -0.338 e. The van der Waals surface area contributed by atoms with Crippen LogP contribution in [0.15, 0.2) is 60.8 Å². The summed E-state index contributed by atoms with van der Waals surface area (Å²) in [7, 11) is 0. The van der Waals surface area contributed by atoms with E-state index in [1.165, 1.54) is 18.3 Å². The molecular formula is C18H12Cl2FN3O. The zero-order chi connectivity index (χ0) is 17.8. The number of para-hydroxylation sites is 1. The zero-order valence-corrected chi connectivity index (χ0v) is 14.3. The highest BCUT2D eigenvalue weighted by molar-refractivity contribution is 6.42. The summed E-state index contributed by atoms with van der Waals surface area (Å²) in [5, 5.41) is 6.25. The van der Waals surface area contributed by atoms with Gasteiger partial charge in [-0.25, -0.2) is 9.37 Å². The quantitative estimate of drug-likeness (QED) is 0.630. The maximum atomic E-state index is 13.6. The summed E-state index contributed by atoms with van der Waals surface area (Å²) in [6.07, 6.45) is 1.47. The lowest BCUT2D eigenvalue weighted by atomic mass is 10.2. The number of hydrogen-bond donors (Lipinski definition) is 2. The summed E-state index contributed by atoms with van der Waals surface area (Å²) >= 11 is 11.7. The Labute approximate surface area is 153 Å². The van der Waals surface area contributed by atoms with Crippen molar-refractivity contribution in [3.63, 3.8) is 0 Å². The van der Waals surface area contributed by atoms with Crippen LogP contribution in [0, 0.1) is 5.82 Å². The van der Waals surface area contributed by atoms with E-state index in [2.05, 4.69) is 15.6 Å². The molecule has 25 heavy (non-hydrogen) atoms. The third-order valence-corrected chi connectivity index (χ3v) is 4.08. The van der Waals surface area contributed by atoms with Crippen LogP contribution in [0.3, 0.4) is 0 Å². The predicted molar refractivity (Wildman–Crippen MR) is 98.3 cm³/mol. The first-order valence-corrected chi connectivity index (χ1v) is 8.02. The van der Waals surface area contributed by atoms with Crippen LogP contribution < -0.4 is 10.6 Å². The van der Waals surface area contributed by atoms with E-state index in [-0.39, 0.29) is 11.7 Å². The van der Waals surface area contributed by atoms with Crippen molar-refractivity contribution < 1.29 is 9.18 Å². The summed E-state index contributed by atoms with van der Waals surface area (Å²) in [6, 6.07) is 14.2. The molecule has 1 aromatic heterocycles. The number of amides is 1. The molecule has 2 aromatic carbocycles. The fraction of sp³-hybridized carbons (Fsp3) is 0. The molecule has 1 heterocycles. The first-order chi connectivity index (χ1) is 12.0. The van der Waals surface area contributed by atoms with Crippen LogP contribution in [0.5, 0.6) is 0 Å². The van der Waals surface area contributed by atoms with Crippen LogP contribution in [0.4, 0.5) is 21.6 Å².